The van der Waals surface area contributed by atoms with E-state index in [2.05, 4.69) is 0 Å². The number of Topliss-reactive ketones (excluding diaryl/α,β-unsaturated/α-hetero) is 1. The number of carbonyl (C=O) groups excluding carboxylic acids is 1. The molecule has 96 valence electrons. The van der Waals surface area contributed by atoms with Crippen LogP contribution < -0.4 is 0 Å². The largest absolute Gasteiger partial charge is 0.457 e. The summed E-state index contributed by atoms with van der Waals surface area (Å²) in [4.78, 5) is 20.8. The van der Waals surface area contributed by atoms with Gasteiger partial charge in [-0.2, -0.15) is 0 Å². The van der Waals surface area contributed by atoms with E-state index in [4.69, 9.17) is 4.42 Å². The molecule has 0 N–H and O–H groups in total. The second-order valence-corrected chi connectivity index (χ2v) is 3.94. The van der Waals surface area contributed by atoms with Gasteiger partial charge < -0.3 is 4.42 Å². The van der Waals surface area contributed by atoms with E-state index >= 15 is 0 Å². The minimum Gasteiger partial charge on any atom is -0.457 e. The first-order chi connectivity index (χ1) is 9.06. The molecule has 0 amide bonds. The number of carbonyl (C=O) groups is 1. The molecule has 1 aromatic heterocycles. The fourth-order valence-electron chi connectivity index (χ4n) is 1.60. The molecule has 5 nitrogen and oxygen atoms in total. The molecule has 0 atom stereocenters. The average Bonchev–Trinajstić information content (AvgIpc) is 2.85. The molecule has 0 aliphatic heterocycles. The van der Waals surface area contributed by atoms with Crippen LogP contribution in [0.4, 0.5) is 0 Å². The summed E-state index contributed by atoms with van der Waals surface area (Å²) < 4.78 is 5.44. The van der Waals surface area contributed by atoms with Crippen LogP contribution in [0.25, 0.3) is 17.4 Å². The third-order valence-electron chi connectivity index (χ3n) is 2.56. The Labute approximate surface area is 109 Å². The van der Waals surface area contributed by atoms with E-state index in [1.54, 1.807) is 36.4 Å². The van der Waals surface area contributed by atoms with Gasteiger partial charge >= 0.3 is 0 Å². The van der Waals surface area contributed by atoms with Crippen molar-refractivity contribution in [2.45, 2.75) is 6.92 Å². The molecule has 1 aromatic carbocycles. The summed E-state index contributed by atoms with van der Waals surface area (Å²) in [5.74, 6) is 1.00. The third-order valence-corrected chi connectivity index (χ3v) is 2.56. The van der Waals surface area contributed by atoms with E-state index in [0.717, 1.165) is 11.8 Å². The lowest BCUT2D eigenvalue weighted by molar-refractivity contribution is -0.401. The van der Waals surface area contributed by atoms with Crippen LogP contribution >= 0.6 is 0 Å². The number of nitro groups is 1. The maximum Gasteiger partial charge on any atom is 0.238 e. The van der Waals surface area contributed by atoms with Crippen molar-refractivity contribution in [3.05, 3.63) is 64.0 Å². The Morgan fingerprint density at radius 3 is 2.47 bits per heavy atom. The Morgan fingerprint density at radius 1 is 1.21 bits per heavy atom. The zero-order valence-corrected chi connectivity index (χ0v) is 10.2. The summed E-state index contributed by atoms with van der Waals surface area (Å²) in [6.45, 7) is 1.50. The maximum absolute atomic E-state index is 11.1. The first kappa shape index (κ1) is 12.8. The molecule has 2 rings (SSSR count). The third kappa shape index (κ3) is 3.16. The Hall–Kier alpha value is -2.69. The van der Waals surface area contributed by atoms with Crippen LogP contribution in [0.15, 0.2) is 47.0 Å². The number of rotatable bonds is 4. The molecule has 0 radical (unpaired) electrons. The summed E-state index contributed by atoms with van der Waals surface area (Å²) in [5.41, 5.74) is 1.44. The molecule has 2 aromatic rings. The molecule has 0 bridgehead atoms. The second-order valence-electron chi connectivity index (χ2n) is 3.94. The van der Waals surface area contributed by atoms with Crippen molar-refractivity contribution < 1.29 is 14.1 Å². The molecule has 19 heavy (non-hydrogen) atoms. The van der Waals surface area contributed by atoms with Crippen molar-refractivity contribution in [3.63, 3.8) is 0 Å². The summed E-state index contributed by atoms with van der Waals surface area (Å²) in [6, 6.07) is 10.4. The van der Waals surface area contributed by atoms with E-state index in [-0.39, 0.29) is 5.78 Å². The van der Waals surface area contributed by atoms with Crippen molar-refractivity contribution in [2.75, 3.05) is 0 Å². The number of nitrogens with zero attached hydrogens (tertiary/aromatic N) is 1. The Bertz CT molecular complexity index is 638. The summed E-state index contributed by atoms with van der Waals surface area (Å²) in [7, 11) is 0. The van der Waals surface area contributed by atoms with Gasteiger partial charge in [0.1, 0.15) is 11.5 Å². The minimum absolute atomic E-state index is 0.000556. The molecule has 0 aliphatic rings. The molecule has 0 spiro atoms. The summed E-state index contributed by atoms with van der Waals surface area (Å²) in [5, 5.41) is 10.2. The summed E-state index contributed by atoms with van der Waals surface area (Å²) >= 11 is 0. The standard InChI is InChI=1S/C14H11NO4/c1-10(16)11-2-4-12(5-3-11)14-7-6-13(19-14)8-9-15(17)18/h2-9H,1H3. The molecule has 0 unspecified atom stereocenters. The fraction of sp³-hybridized carbons (Fsp3) is 0.0714. The number of furan rings is 1. The van der Waals surface area contributed by atoms with Gasteiger partial charge in [0.15, 0.2) is 5.78 Å². The van der Waals surface area contributed by atoms with Crippen molar-refractivity contribution in [1.82, 2.24) is 0 Å². The monoisotopic (exact) mass is 257 g/mol. The SMILES string of the molecule is CC(=O)c1ccc(-c2ccc(C=C[N+](=O)[O-])o2)cc1. The number of ketones is 1. The van der Waals surface area contributed by atoms with Gasteiger partial charge in [-0.1, -0.05) is 24.3 Å². The van der Waals surface area contributed by atoms with E-state index in [0.29, 0.717) is 17.1 Å². The van der Waals surface area contributed by atoms with Crippen LogP contribution in [0.5, 0.6) is 0 Å². The van der Waals surface area contributed by atoms with Crippen LogP contribution in [0, 0.1) is 10.1 Å². The highest BCUT2D eigenvalue weighted by atomic mass is 16.6. The van der Waals surface area contributed by atoms with Gasteiger partial charge in [-0.05, 0) is 19.1 Å². The van der Waals surface area contributed by atoms with Crippen molar-refractivity contribution in [3.8, 4) is 11.3 Å². The quantitative estimate of drug-likeness (QED) is 0.478. The lowest BCUT2D eigenvalue weighted by atomic mass is 10.1. The Balaban J connectivity index is 2.23. The summed E-state index contributed by atoms with van der Waals surface area (Å²) in [6.07, 6.45) is 2.11. The number of benzene rings is 1. The fourth-order valence-corrected chi connectivity index (χ4v) is 1.60. The lowest BCUT2D eigenvalue weighted by Crippen LogP contribution is -1.90. The van der Waals surface area contributed by atoms with Crippen LogP contribution in [0.1, 0.15) is 23.0 Å². The molecule has 0 aliphatic carbocycles. The lowest BCUT2D eigenvalue weighted by Gasteiger charge is -1.98. The molecule has 0 saturated heterocycles. The molecular weight excluding hydrogens is 246 g/mol. The maximum atomic E-state index is 11.1. The molecule has 1 heterocycles. The highest BCUT2D eigenvalue weighted by molar-refractivity contribution is 5.94. The van der Waals surface area contributed by atoms with Gasteiger partial charge in [-0.25, -0.2) is 0 Å². The minimum atomic E-state index is -0.552. The van der Waals surface area contributed by atoms with E-state index < -0.39 is 4.92 Å². The smallest absolute Gasteiger partial charge is 0.238 e. The van der Waals surface area contributed by atoms with Crippen molar-refractivity contribution in [2.24, 2.45) is 0 Å². The topological polar surface area (TPSA) is 73.3 Å². The highest BCUT2D eigenvalue weighted by Gasteiger charge is 2.05. The second kappa shape index (κ2) is 5.30. The number of hydrogen-bond acceptors (Lipinski definition) is 4. The average molecular weight is 257 g/mol. The zero-order valence-electron chi connectivity index (χ0n) is 10.2. The van der Waals surface area contributed by atoms with Crippen molar-refractivity contribution in [1.29, 1.82) is 0 Å². The van der Waals surface area contributed by atoms with Crippen molar-refractivity contribution >= 4 is 11.9 Å². The van der Waals surface area contributed by atoms with Gasteiger partial charge in [-0.3, -0.25) is 14.9 Å². The van der Waals surface area contributed by atoms with Gasteiger partial charge in [0.25, 0.3) is 0 Å². The highest BCUT2D eigenvalue weighted by Crippen LogP contribution is 2.23. The van der Waals surface area contributed by atoms with Crippen LogP contribution in [0.2, 0.25) is 0 Å². The van der Waals surface area contributed by atoms with Gasteiger partial charge in [0, 0.05) is 11.1 Å². The van der Waals surface area contributed by atoms with E-state index in [1.165, 1.54) is 13.0 Å². The van der Waals surface area contributed by atoms with Crippen LogP contribution in [-0.2, 0) is 0 Å². The Kier molecular flexibility index (Phi) is 3.56. The van der Waals surface area contributed by atoms with Crippen LogP contribution in [-0.4, -0.2) is 10.7 Å². The van der Waals surface area contributed by atoms with Gasteiger partial charge in [0.2, 0.25) is 6.20 Å². The molecule has 0 fully saturated rings. The Morgan fingerprint density at radius 2 is 1.89 bits per heavy atom. The predicted octanol–water partition coefficient (Wildman–Crippen LogP) is 3.40. The normalized spacial score (nSPS) is 10.8. The van der Waals surface area contributed by atoms with E-state index in [9.17, 15) is 14.9 Å². The first-order valence-corrected chi connectivity index (χ1v) is 5.59. The van der Waals surface area contributed by atoms with Gasteiger partial charge in [0.05, 0.1) is 11.0 Å². The van der Waals surface area contributed by atoms with Crippen LogP contribution in [0.3, 0.4) is 0 Å². The predicted molar refractivity (Wildman–Crippen MR) is 70.2 cm³/mol. The number of hydrogen-bond donors (Lipinski definition) is 0. The van der Waals surface area contributed by atoms with E-state index in [1.807, 2.05) is 0 Å². The molecular formula is C14H11NO4. The first-order valence-electron chi connectivity index (χ1n) is 5.59. The molecule has 0 saturated carbocycles. The van der Waals surface area contributed by atoms with Gasteiger partial charge in [-0.15, -0.1) is 0 Å². The zero-order chi connectivity index (χ0) is 13.8. The molecule has 5 heteroatoms.